The smallest absolute Gasteiger partial charge is 0.313 e. The number of hydrogen-bond donors (Lipinski definition) is 1. The molecule has 7 heteroatoms. The lowest BCUT2D eigenvalue weighted by molar-refractivity contribution is 0.0692. The van der Waals surface area contributed by atoms with Gasteiger partial charge in [-0.3, -0.25) is 9.78 Å². The summed E-state index contributed by atoms with van der Waals surface area (Å²) in [6.45, 7) is 0. The molecule has 0 saturated heterocycles. The van der Waals surface area contributed by atoms with Gasteiger partial charge in [0.15, 0.2) is 0 Å². The first kappa shape index (κ1) is 19.2. The average Bonchev–Trinajstić information content (AvgIpc) is 3.48. The summed E-state index contributed by atoms with van der Waals surface area (Å²) in [7, 11) is 0. The van der Waals surface area contributed by atoms with Crippen LogP contribution in [0, 0.1) is 0 Å². The lowest BCUT2D eigenvalue weighted by atomic mass is 9.93. The minimum absolute atomic E-state index is 0.121. The zero-order chi connectivity index (χ0) is 21.2. The summed E-state index contributed by atoms with van der Waals surface area (Å²) in [5.41, 5.74) is 3.87. The van der Waals surface area contributed by atoms with Crippen molar-refractivity contribution in [3.05, 3.63) is 89.3 Å². The Morgan fingerprint density at radius 1 is 1.19 bits per heavy atom. The maximum Gasteiger partial charge on any atom is 0.313 e. The number of aliphatic hydroxyl groups is 1. The van der Waals surface area contributed by atoms with Crippen molar-refractivity contribution in [1.82, 2.24) is 15.1 Å². The lowest BCUT2D eigenvalue weighted by Gasteiger charge is -2.24. The second-order valence-electron chi connectivity index (χ2n) is 7.72. The van der Waals surface area contributed by atoms with E-state index in [9.17, 15) is 9.90 Å². The maximum absolute atomic E-state index is 13.4. The van der Waals surface area contributed by atoms with E-state index in [4.69, 9.17) is 4.52 Å². The summed E-state index contributed by atoms with van der Waals surface area (Å²) in [4.78, 5) is 17.5. The van der Waals surface area contributed by atoms with Crippen LogP contribution in [-0.4, -0.2) is 37.9 Å². The second-order valence-corrected chi connectivity index (χ2v) is 7.72. The Kier molecular flexibility index (Phi) is 5.08. The zero-order valence-electron chi connectivity index (χ0n) is 16.9. The van der Waals surface area contributed by atoms with Crippen molar-refractivity contribution < 1.29 is 14.4 Å². The Bertz CT molecular complexity index is 1150. The molecule has 5 rings (SSSR count). The number of allylic oxidation sites excluding steroid dienone is 6. The molecule has 0 saturated carbocycles. The maximum atomic E-state index is 13.4. The van der Waals surface area contributed by atoms with E-state index < -0.39 is 6.04 Å². The third-order valence-electron chi connectivity index (χ3n) is 5.66. The fourth-order valence-electron chi connectivity index (χ4n) is 4.05. The monoisotopic (exact) mass is 414 g/mol. The van der Waals surface area contributed by atoms with E-state index in [1.807, 2.05) is 30.4 Å². The number of hydrazone groups is 1. The summed E-state index contributed by atoms with van der Waals surface area (Å²) in [6, 6.07) is 4.99. The minimum Gasteiger partial charge on any atom is -0.512 e. The van der Waals surface area contributed by atoms with Gasteiger partial charge in [-0.05, 0) is 30.9 Å². The van der Waals surface area contributed by atoms with Gasteiger partial charge < -0.3 is 9.63 Å². The highest BCUT2D eigenvalue weighted by atomic mass is 16.5. The first-order valence-electron chi connectivity index (χ1n) is 10.4. The molecule has 0 radical (unpaired) electrons. The van der Waals surface area contributed by atoms with Crippen molar-refractivity contribution in [2.45, 2.75) is 38.1 Å². The van der Waals surface area contributed by atoms with E-state index in [0.717, 1.165) is 36.1 Å². The highest BCUT2D eigenvalue weighted by Gasteiger charge is 2.37. The molecule has 0 aromatic carbocycles. The molecule has 0 spiro atoms. The molecule has 2 aliphatic carbocycles. The number of pyridine rings is 1. The predicted molar refractivity (Wildman–Crippen MR) is 116 cm³/mol. The molecule has 31 heavy (non-hydrogen) atoms. The fraction of sp³-hybridized carbons (Fsp3) is 0.250. The molecule has 1 N–H and O–H groups in total. The van der Waals surface area contributed by atoms with Crippen LogP contribution in [0.2, 0.25) is 0 Å². The van der Waals surface area contributed by atoms with Gasteiger partial charge in [-0.15, -0.1) is 0 Å². The van der Waals surface area contributed by atoms with E-state index in [0.29, 0.717) is 29.9 Å². The largest absolute Gasteiger partial charge is 0.512 e. The molecule has 1 amide bonds. The van der Waals surface area contributed by atoms with Gasteiger partial charge >= 0.3 is 5.91 Å². The lowest BCUT2D eigenvalue weighted by Crippen LogP contribution is -2.34. The second kappa shape index (κ2) is 8.18. The zero-order valence-corrected chi connectivity index (χ0v) is 16.9. The Balaban J connectivity index is 1.49. The van der Waals surface area contributed by atoms with Gasteiger partial charge in [-0.25, -0.2) is 5.01 Å². The summed E-state index contributed by atoms with van der Waals surface area (Å²) in [5, 5.41) is 20.6. The van der Waals surface area contributed by atoms with Crippen LogP contribution in [0.4, 0.5) is 0 Å². The Hall–Kier alpha value is -3.74. The molecule has 7 nitrogen and oxygen atoms in total. The first-order valence-corrected chi connectivity index (χ1v) is 10.4. The van der Waals surface area contributed by atoms with Gasteiger partial charge in [0.05, 0.1) is 17.5 Å². The summed E-state index contributed by atoms with van der Waals surface area (Å²) in [6.07, 6.45) is 17.2. The van der Waals surface area contributed by atoms with Crippen LogP contribution in [0.25, 0.3) is 5.57 Å². The normalized spacial score (nSPS) is 20.8. The number of rotatable bonds is 4. The molecule has 0 fully saturated rings. The van der Waals surface area contributed by atoms with Crippen LogP contribution in [-0.2, 0) is 0 Å². The molecule has 156 valence electrons. The molecule has 1 unspecified atom stereocenters. The topological polar surface area (TPSA) is 91.8 Å². The van der Waals surface area contributed by atoms with E-state index >= 15 is 0 Å². The molecule has 2 aromatic heterocycles. The predicted octanol–water partition coefficient (Wildman–Crippen LogP) is 4.58. The van der Waals surface area contributed by atoms with Gasteiger partial charge in [0.1, 0.15) is 5.69 Å². The summed E-state index contributed by atoms with van der Waals surface area (Å²) < 4.78 is 5.40. The number of aromatic nitrogens is 2. The van der Waals surface area contributed by atoms with E-state index in [1.54, 1.807) is 18.5 Å². The highest BCUT2D eigenvalue weighted by molar-refractivity contribution is 6.04. The van der Waals surface area contributed by atoms with Gasteiger partial charge in [0.2, 0.25) is 5.76 Å². The van der Waals surface area contributed by atoms with Crippen LogP contribution in [0.15, 0.2) is 81.9 Å². The molecule has 1 aliphatic heterocycles. The SMILES string of the molecule is O=C(c1cc(C2=CCCC=C2)no1)N1N=C(c2cccnc2)CC1C1=C(O)CCC=C1. The van der Waals surface area contributed by atoms with Gasteiger partial charge in [0.25, 0.3) is 0 Å². The number of carbonyl (C=O) groups excluding carboxylic acids is 1. The van der Waals surface area contributed by atoms with E-state index in [1.165, 1.54) is 5.01 Å². The standard InChI is InChI=1S/C24H22N4O3/c29-22-11-5-4-10-18(22)21-13-19(17-9-6-12-25-15-17)26-28(21)24(30)23-14-20(27-31-23)16-7-2-1-3-8-16/h2,4,6-10,12,14-15,21,29H,1,3,5,11,13H2. The van der Waals surface area contributed by atoms with Crippen molar-refractivity contribution in [3.8, 4) is 0 Å². The van der Waals surface area contributed by atoms with Crippen molar-refractivity contribution in [2.24, 2.45) is 5.10 Å². The van der Waals surface area contributed by atoms with E-state index in [-0.39, 0.29) is 11.7 Å². The van der Waals surface area contributed by atoms with Crippen molar-refractivity contribution in [3.63, 3.8) is 0 Å². The minimum atomic E-state index is -0.415. The first-order chi connectivity index (χ1) is 15.2. The van der Waals surface area contributed by atoms with Crippen LogP contribution in [0.5, 0.6) is 0 Å². The molecule has 3 aliphatic rings. The van der Waals surface area contributed by atoms with Gasteiger partial charge in [-0.2, -0.15) is 5.10 Å². The molecular weight excluding hydrogens is 392 g/mol. The molecular formula is C24H22N4O3. The third-order valence-corrected chi connectivity index (χ3v) is 5.66. The molecule has 3 heterocycles. The van der Waals surface area contributed by atoms with E-state index in [2.05, 4.69) is 27.4 Å². The third kappa shape index (κ3) is 3.74. The van der Waals surface area contributed by atoms with Crippen LogP contribution in [0.3, 0.4) is 0 Å². The van der Waals surface area contributed by atoms with Crippen LogP contribution >= 0.6 is 0 Å². The van der Waals surface area contributed by atoms with Crippen LogP contribution in [0.1, 0.15) is 53.9 Å². The van der Waals surface area contributed by atoms with Crippen LogP contribution < -0.4 is 0 Å². The Morgan fingerprint density at radius 2 is 2.10 bits per heavy atom. The molecule has 0 bridgehead atoms. The van der Waals surface area contributed by atoms with Gasteiger partial charge in [0, 0.05) is 42.4 Å². The Morgan fingerprint density at radius 3 is 2.87 bits per heavy atom. The number of hydrogen-bond acceptors (Lipinski definition) is 6. The highest BCUT2D eigenvalue weighted by Crippen LogP contribution is 2.32. The number of nitrogens with zero attached hydrogens (tertiary/aromatic N) is 4. The fourth-order valence-corrected chi connectivity index (χ4v) is 4.05. The van der Waals surface area contributed by atoms with Crippen molar-refractivity contribution >= 4 is 17.2 Å². The number of aliphatic hydroxyl groups excluding tert-OH is 1. The van der Waals surface area contributed by atoms with Gasteiger partial charge in [-0.1, -0.05) is 41.6 Å². The van der Waals surface area contributed by atoms with Crippen molar-refractivity contribution in [1.29, 1.82) is 0 Å². The number of carbonyl (C=O) groups is 1. The summed E-state index contributed by atoms with van der Waals surface area (Å²) >= 11 is 0. The number of amides is 1. The van der Waals surface area contributed by atoms with Crippen molar-refractivity contribution in [2.75, 3.05) is 0 Å². The molecule has 2 aromatic rings. The Labute approximate surface area is 179 Å². The molecule has 1 atom stereocenters. The quantitative estimate of drug-likeness (QED) is 0.790. The average molecular weight is 414 g/mol. The summed E-state index contributed by atoms with van der Waals surface area (Å²) in [5.74, 6) is 0.0296.